The fourth-order valence-corrected chi connectivity index (χ4v) is 1.95. The molecule has 0 heterocycles. The van der Waals surface area contributed by atoms with Crippen molar-refractivity contribution in [3.05, 3.63) is 29.8 Å². The number of hydrogen-bond donors (Lipinski definition) is 2. The van der Waals surface area contributed by atoms with E-state index in [1.807, 2.05) is 31.2 Å². The fraction of sp³-hybridized carbons (Fsp3) is 0.562. The first kappa shape index (κ1) is 19.6. The quantitative estimate of drug-likeness (QED) is 0.556. The number of alkyl carbamates (subject to hydrolysis) is 1. The Morgan fingerprint density at radius 3 is 2.52 bits per heavy atom. The van der Waals surface area contributed by atoms with Crippen molar-refractivity contribution >= 4 is 24.2 Å². The molecule has 0 bridgehead atoms. The number of rotatable bonds is 8. The molecule has 4 nitrogen and oxygen atoms in total. The summed E-state index contributed by atoms with van der Waals surface area (Å²) in [7, 11) is 0. The molecule has 0 aliphatic carbocycles. The Bertz CT molecular complexity index is 396. The van der Waals surface area contributed by atoms with Crippen molar-refractivity contribution < 1.29 is 9.53 Å². The highest BCUT2D eigenvalue weighted by molar-refractivity contribution is 5.85. The monoisotopic (exact) mass is 314 g/mol. The molecule has 0 aromatic heterocycles. The van der Waals surface area contributed by atoms with Gasteiger partial charge in [0.15, 0.2) is 0 Å². The van der Waals surface area contributed by atoms with Crippen molar-refractivity contribution in [2.75, 3.05) is 5.73 Å². The van der Waals surface area contributed by atoms with Crippen LogP contribution in [0.1, 0.15) is 51.5 Å². The lowest BCUT2D eigenvalue weighted by Crippen LogP contribution is -2.27. The molecule has 0 saturated heterocycles. The summed E-state index contributed by atoms with van der Waals surface area (Å²) in [6, 6.07) is 7.42. The molecule has 0 aliphatic heterocycles. The van der Waals surface area contributed by atoms with Crippen molar-refractivity contribution in [1.82, 2.24) is 5.32 Å². The molecule has 1 aromatic rings. The van der Waals surface area contributed by atoms with E-state index in [1.54, 1.807) is 0 Å². The number of nitrogens with one attached hydrogen (secondary N) is 1. The Morgan fingerprint density at radius 1 is 1.24 bits per heavy atom. The van der Waals surface area contributed by atoms with Gasteiger partial charge in [-0.3, -0.25) is 0 Å². The zero-order valence-electron chi connectivity index (χ0n) is 12.9. The molecule has 3 N–H and O–H groups in total. The Kier molecular flexibility index (Phi) is 10.5. The summed E-state index contributed by atoms with van der Waals surface area (Å²) in [6.45, 7) is 4.58. The molecule has 21 heavy (non-hydrogen) atoms. The maximum absolute atomic E-state index is 11.6. The predicted octanol–water partition coefficient (Wildman–Crippen LogP) is 4.28. The van der Waals surface area contributed by atoms with Crippen LogP contribution in [0.3, 0.4) is 0 Å². The molecule has 0 aliphatic rings. The standard InChI is InChI=1S/C16H26N2O2.ClH/c1-3-4-5-6-7-13(2)20-16(19)18-12-14-8-10-15(17)11-9-14;/h8-11,13H,3-7,12,17H2,1-2H3,(H,18,19);1H. The lowest BCUT2D eigenvalue weighted by atomic mass is 10.1. The Morgan fingerprint density at radius 2 is 1.90 bits per heavy atom. The van der Waals surface area contributed by atoms with Crippen LogP contribution >= 0.6 is 12.4 Å². The second-order valence-electron chi connectivity index (χ2n) is 5.16. The minimum atomic E-state index is -0.357. The van der Waals surface area contributed by atoms with Crippen LogP contribution in [0.15, 0.2) is 24.3 Å². The number of nitrogens with two attached hydrogens (primary N) is 1. The van der Waals surface area contributed by atoms with E-state index >= 15 is 0 Å². The topological polar surface area (TPSA) is 64.3 Å². The molecule has 1 amide bonds. The first-order chi connectivity index (χ1) is 9.61. The average molecular weight is 315 g/mol. The molecule has 5 heteroatoms. The predicted molar refractivity (Wildman–Crippen MR) is 89.6 cm³/mol. The number of ether oxygens (including phenoxy) is 1. The number of amides is 1. The number of carbonyl (C=O) groups excluding carboxylic acids is 1. The van der Waals surface area contributed by atoms with Gasteiger partial charge in [0.1, 0.15) is 6.10 Å². The molecule has 1 atom stereocenters. The van der Waals surface area contributed by atoms with E-state index in [0.29, 0.717) is 6.54 Å². The van der Waals surface area contributed by atoms with Gasteiger partial charge in [-0.25, -0.2) is 4.79 Å². The van der Waals surface area contributed by atoms with Crippen molar-refractivity contribution in [1.29, 1.82) is 0 Å². The number of unbranched alkanes of at least 4 members (excludes halogenated alkanes) is 3. The van der Waals surface area contributed by atoms with Gasteiger partial charge in [0.2, 0.25) is 0 Å². The Balaban J connectivity index is 0.00000400. The van der Waals surface area contributed by atoms with Crippen LogP contribution in [0.25, 0.3) is 0 Å². The number of benzene rings is 1. The van der Waals surface area contributed by atoms with Crippen molar-refractivity contribution in [2.24, 2.45) is 0 Å². The van der Waals surface area contributed by atoms with Gasteiger partial charge in [-0.2, -0.15) is 0 Å². The van der Waals surface area contributed by atoms with Gasteiger partial charge in [0.05, 0.1) is 0 Å². The van der Waals surface area contributed by atoms with Crippen LogP contribution in [0.5, 0.6) is 0 Å². The van der Waals surface area contributed by atoms with Gasteiger partial charge in [-0.1, -0.05) is 38.3 Å². The maximum Gasteiger partial charge on any atom is 0.407 e. The minimum absolute atomic E-state index is 0. The van der Waals surface area contributed by atoms with Crippen molar-refractivity contribution in [2.45, 2.75) is 58.6 Å². The van der Waals surface area contributed by atoms with Gasteiger partial charge < -0.3 is 15.8 Å². The number of carbonyl (C=O) groups is 1. The van der Waals surface area contributed by atoms with Crippen molar-refractivity contribution in [3.8, 4) is 0 Å². The van der Waals surface area contributed by atoms with Crippen LogP contribution in [-0.2, 0) is 11.3 Å². The number of halogens is 1. The third-order valence-corrected chi connectivity index (χ3v) is 3.19. The molecule has 0 spiro atoms. The molecule has 0 radical (unpaired) electrons. The van der Waals surface area contributed by atoms with E-state index in [-0.39, 0.29) is 24.6 Å². The second kappa shape index (κ2) is 11.3. The normalized spacial score (nSPS) is 11.3. The Labute approximate surface area is 133 Å². The van der Waals surface area contributed by atoms with E-state index in [9.17, 15) is 4.79 Å². The second-order valence-corrected chi connectivity index (χ2v) is 5.16. The molecule has 0 fully saturated rings. The largest absolute Gasteiger partial charge is 0.447 e. The maximum atomic E-state index is 11.6. The lowest BCUT2D eigenvalue weighted by Gasteiger charge is -2.13. The van der Waals surface area contributed by atoms with E-state index in [4.69, 9.17) is 10.5 Å². The zero-order valence-corrected chi connectivity index (χ0v) is 13.7. The minimum Gasteiger partial charge on any atom is -0.447 e. The van der Waals surface area contributed by atoms with Crippen LogP contribution in [0.4, 0.5) is 10.5 Å². The summed E-state index contributed by atoms with van der Waals surface area (Å²) in [5.41, 5.74) is 7.33. The van der Waals surface area contributed by atoms with E-state index in [2.05, 4.69) is 12.2 Å². The van der Waals surface area contributed by atoms with Gasteiger partial charge in [-0.15, -0.1) is 12.4 Å². The third-order valence-electron chi connectivity index (χ3n) is 3.19. The first-order valence-electron chi connectivity index (χ1n) is 7.40. The molecule has 1 unspecified atom stereocenters. The van der Waals surface area contributed by atoms with Gasteiger partial charge in [-0.05, 0) is 37.5 Å². The third kappa shape index (κ3) is 9.19. The average Bonchev–Trinajstić information content (AvgIpc) is 2.43. The van der Waals surface area contributed by atoms with Crippen LogP contribution < -0.4 is 11.1 Å². The lowest BCUT2D eigenvalue weighted by molar-refractivity contribution is 0.100. The molecular formula is C16H27ClN2O2. The van der Waals surface area contributed by atoms with E-state index in [0.717, 1.165) is 24.1 Å². The zero-order chi connectivity index (χ0) is 14.8. The SMILES string of the molecule is CCCCCCC(C)OC(=O)NCc1ccc(N)cc1.Cl. The summed E-state index contributed by atoms with van der Waals surface area (Å²) in [5.74, 6) is 0. The number of anilines is 1. The number of nitrogen functional groups attached to an aromatic ring is 1. The molecular weight excluding hydrogens is 288 g/mol. The van der Waals surface area contributed by atoms with Crippen LogP contribution in [0, 0.1) is 0 Å². The van der Waals surface area contributed by atoms with Gasteiger partial charge in [0, 0.05) is 12.2 Å². The van der Waals surface area contributed by atoms with Crippen LogP contribution in [0.2, 0.25) is 0 Å². The Hall–Kier alpha value is -1.42. The number of hydrogen-bond acceptors (Lipinski definition) is 3. The summed E-state index contributed by atoms with van der Waals surface area (Å²) < 4.78 is 5.30. The highest BCUT2D eigenvalue weighted by atomic mass is 35.5. The smallest absolute Gasteiger partial charge is 0.407 e. The van der Waals surface area contributed by atoms with Gasteiger partial charge in [0.25, 0.3) is 0 Å². The summed E-state index contributed by atoms with van der Waals surface area (Å²) in [6.07, 6.45) is 5.32. The fourth-order valence-electron chi connectivity index (χ4n) is 1.95. The van der Waals surface area contributed by atoms with Crippen LogP contribution in [-0.4, -0.2) is 12.2 Å². The van der Waals surface area contributed by atoms with Crippen molar-refractivity contribution in [3.63, 3.8) is 0 Å². The van der Waals surface area contributed by atoms with Gasteiger partial charge >= 0.3 is 6.09 Å². The van der Waals surface area contributed by atoms with E-state index < -0.39 is 0 Å². The highest BCUT2D eigenvalue weighted by Gasteiger charge is 2.08. The van der Waals surface area contributed by atoms with E-state index in [1.165, 1.54) is 19.3 Å². The molecule has 120 valence electrons. The summed E-state index contributed by atoms with van der Waals surface area (Å²) >= 11 is 0. The first-order valence-corrected chi connectivity index (χ1v) is 7.40. The molecule has 0 saturated carbocycles. The summed E-state index contributed by atoms with van der Waals surface area (Å²) in [4.78, 5) is 11.6. The summed E-state index contributed by atoms with van der Waals surface area (Å²) in [5, 5.41) is 2.75. The highest BCUT2D eigenvalue weighted by Crippen LogP contribution is 2.08. The molecule has 1 rings (SSSR count). The molecule has 1 aromatic carbocycles.